The Bertz CT molecular complexity index is 521. The van der Waals surface area contributed by atoms with Gasteiger partial charge in [-0.1, -0.05) is 44.9 Å². The zero-order chi connectivity index (χ0) is 14.6. The molecule has 1 aromatic carbocycles. The van der Waals surface area contributed by atoms with E-state index in [1.165, 1.54) is 0 Å². The van der Waals surface area contributed by atoms with E-state index in [1.54, 1.807) is 6.07 Å². The number of hydrogen-bond acceptors (Lipinski definition) is 3. The molecule has 0 fully saturated rings. The highest BCUT2D eigenvalue weighted by atomic mass is 32.2. The SMILES string of the molecule is CCCC(N)c1cc(C)ccc1S(=O)(=O)CC(C)C. The van der Waals surface area contributed by atoms with Gasteiger partial charge in [0.05, 0.1) is 10.6 Å². The standard InChI is InChI=1S/C15H25NO2S/c1-5-6-14(16)13-9-12(4)7-8-15(13)19(17,18)10-11(2)3/h7-9,11,14H,5-6,10,16H2,1-4H3. The summed E-state index contributed by atoms with van der Waals surface area (Å²) >= 11 is 0. The fourth-order valence-electron chi connectivity index (χ4n) is 2.24. The molecule has 0 radical (unpaired) electrons. The summed E-state index contributed by atoms with van der Waals surface area (Å²) in [5.41, 5.74) is 7.95. The first kappa shape index (κ1) is 16.2. The maximum atomic E-state index is 12.4. The van der Waals surface area contributed by atoms with Gasteiger partial charge in [-0.2, -0.15) is 0 Å². The first-order valence-electron chi connectivity index (χ1n) is 6.86. The molecule has 0 amide bonds. The van der Waals surface area contributed by atoms with Crippen LogP contribution < -0.4 is 5.73 Å². The van der Waals surface area contributed by atoms with Gasteiger partial charge in [-0.3, -0.25) is 0 Å². The Balaban J connectivity index is 3.27. The molecule has 19 heavy (non-hydrogen) atoms. The first-order chi connectivity index (χ1) is 8.77. The topological polar surface area (TPSA) is 60.2 Å². The summed E-state index contributed by atoms with van der Waals surface area (Å²) in [6.07, 6.45) is 1.74. The second kappa shape index (κ2) is 6.53. The quantitative estimate of drug-likeness (QED) is 0.872. The Hall–Kier alpha value is -0.870. The number of sulfone groups is 1. The lowest BCUT2D eigenvalue weighted by Gasteiger charge is -2.17. The van der Waals surface area contributed by atoms with E-state index in [0.717, 1.165) is 24.0 Å². The number of benzene rings is 1. The second-order valence-corrected chi connectivity index (χ2v) is 7.61. The molecule has 108 valence electrons. The van der Waals surface area contributed by atoms with Crippen molar-refractivity contribution < 1.29 is 8.42 Å². The van der Waals surface area contributed by atoms with Crippen molar-refractivity contribution in [2.24, 2.45) is 11.7 Å². The van der Waals surface area contributed by atoms with E-state index in [9.17, 15) is 8.42 Å². The van der Waals surface area contributed by atoms with Gasteiger partial charge < -0.3 is 5.73 Å². The van der Waals surface area contributed by atoms with Crippen LogP contribution in [0.4, 0.5) is 0 Å². The van der Waals surface area contributed by atoms with E-state index in [-0.39, 0.29) is 17.7 Å². The largest absolute Gasteiger partial charge is 0.324 e. The fraction of sp³-hybridized carbons (Fsp3) is 0.600. The van der Waals surface area contributed by atoms with Gasteiger partial charge in [0, 0.05) is 6.04 Å². The molecule has 4 heteroatoms. The van der Waals surface area contributed by atoms with E-state index in [4.69, 9.17) is 5.73 Å². The van der Waals surface area contributed by atoms with E-state index in [0.29, 0.717) is 4.90 Å². The van der Waals surface area contributed by atoms with Crippen molar-refractivity contribution in [3.63, 3.8) is 0 Å². The predicted molar refractivity (Wildman–Crippen MR) is 79.9 cm³/mol. The summed E-state index contributed by atoms with van der Waals surface area (Å²) < 4.78 is 24.9. The van der Waals surface area contributed by atoms with Crippen molar-refractivity contribution >= 4 is 9.84 Å². The molecule has 1 unspecified atom stereocenters. The van der Waals surface area contributed by atoms with E-state index in [1.807, 2.05) is 32.9 Å². The lowest BCUT2D eigenvalue weighted by molar-refractivity contribution is 0.574. The molecule has 3 nitrogen and oxygen atoms in total. The van der Waals surface area contributed by atoms with Crippen LogP contribution in [0.1, 0.15) is 50.8 Å². The van der Waals surface area contributed by atoms with Gasteiger partial charge in [0.1, 0.15) is 0 Å². The molecule has 2 N–H and O–H groups in total. The second-order valence-electron chi connectivity index (χ2n) is 5.61. The number of hydrogen-bond donors (Lipinski definition) is 1. The van der Waals surface area contributed by atoms with Crippen LogP contribution in [-0.4, -0.2) is 14.2 Å². The lowest BCUT2D eigenvalue weighted by atomic mass is 10.0. The smallest absolute Gasteiger partial charge is 0.178 e. The molecule has 0 aliphatic carbocycles. The highest BCUT2D eigenvalue weighted by Gasteiger charge is 2.22. The average molecular weight is 283 g/mol. The Labute approximate surface area is 117 Å². The van der Waals surface area contributed by atoms with Gasteiger partial charge in [0.2, 0.25) is 0 Å². The van der Waals surface area contributed by atoms with E-state index >= 15 is 0 Å². The van der Waals surface area contributed by atoms with Gasteiger partial charge in [0.15, 0.2) is 9.84 Å². The molecular formula is C15H25NO2S. The minimum Gasteiger partial charge on any atom is -0.324 e. The molecule has 0 aromatic heterocycles. The molecular weight excluding hydrogens is 258 g/mol. The Morgan fingerprint density at radius 1 is 1.26 bits per heavy atom. The molecule has 0 saturated carbocycles. The van der Waals surface area contributed by atoms with Crippen LogP contribution in [0.15, 0.2) is 23.1 Å². The van der Waals surface area contributed by atoms with Crippen LogP contribution in [0.5, 0.6) is 0 Å². The maximum Gasteiger partial charge on any atom is 0.178 e. The fourth-order valence-corrected chi connectivity index (χ4v) is 4.14. The van der Waals surface area contributed by atoms with E-state index in [2.05, 4.69) is 6.92 Å². The predicted octanol–water partition coefficient (Wildman–Crippen LogP) is 3.22. The third kappa shape index (κ3) is 4.32. The maximum absolute atomic E-state index is 12.4. The summed E-state index contributed by atoms with van der Waals surface area (Å²) in [5, 5.41) is 0. The summed E-state index contributed by atoms with van der Waals surface area (Å²) in [4.78, 5) is 0.410. The molecule has 0 saturated heterocycles. The van der Waals surface area contributed by atoms with Crippen LogP contribution in [0.2, 0.25) is 0 Å². The monoisotopic (exact) mass is 283 g/mol. The number of rotatable bonds is 6. The van der Waals surface area contributed by atoms with Crippen molar-refractivity contribution in [2.45, 2.75) is 51.5 Å². The Kier molecular flexibility index (Phi) is 5.56. The highest BCUT2D eigenvalue weighted by Crippen LogP contribution is 2.27. The molecule has 1 rings (SSSR count). The minimum absolute atomic E-state index is 0.113. The third-order valence-electron chi connectivity index (χ3n) is 3.05. The normalized spacial score (nSPS) is 13.8. The van der Waals surface area contributed by atoms with Crippen molar-refractivity contribution in [3.05, 3.63) is 29.3 Å². The zero-order valence-electron chi connectivity index (χ0n) is 12.3. The van der Waals surface area contributed by atoms with Crippen molar-refractivity contribution in [3.8, 4) is 0 Å². The molecule has 0 bridgehead atoms. The lowest BCUT2D eigenvalue weighted by Crippen LogP contribution is -2.18. The van der Waals surface area contributed by atoms with Crippen molar-refractivity contribution in [1.29, 1.82) is 0 Å². The summed E-state index contributed by atoms with van der Waals surface area (Å²) in [6, 6.07) is 5.25. The zero-order valence-corrected chi connectivity index (χ0v) is 13.1. The van der Waals surface area contributed by atoms with Gasteiger partial charge in [0.25, 0.3) is 0 Å². The molecule has 0 aliphatic rings. The van der Waals surface area contributed by atoms with Gasteiger partial charge in [-0.15, -0.1) is 0 Å². The first-order valence-corrected chi connectivity index (χ1v) is 8.52. The van der Waals surface area contributed by atoms with E-state index < -0.39 is 9.84 Å². The molecule has 0 heterocycles. The van der Waals surface area contributed by atoms with Crippen LogP contribution in [0.25, 0.3) is 0 Å². The van der Waals surface area contributed by atoms with Crippen LogP contribution in [-0.2, 0) is 9.84 Å². The summed E-state index contributed by atoms with van der Waals surface area (Å²) in [5.74, 6) is 0.281. The number of nitrogens with two attached hydrogens (primary N) is 1. The molecule has 0 spiro atoms. The van der Waals surface area contributed by atoms with Crippen LogP contribution in [0.3, 0.4) is 0 Å². The van der Waals surface area contributed by atoms with Crippen molar-refractivity contribution in [1.82, 2.24) is 0 Å². The average Bonchev–Trinajstić information content (AvgIpc) is 2.27. The highest BCUT2D eigenvalue weighted by molar-refractivity contribution is 7.91. The molecule has 1 aromatic rings. The van der Waals surface area contributed by atoms with Crippen LogP contribution in [0, 0.1) is 12.8 Å². The summed E-state index contributed by atoms with van der Waals surface area (Å²) in [7, 11) is -3.25. The Morgan fingerprint density at radius 2 is 1.89 bits per heavy atom. The van der Waals surface area contributed by atoms with Crippen molar-refractivity contribution in [2.75, 3.05) is 5.75 Å². The van der Waals surface area contributed by atoms with Crippen LogP contribution >= 0.6 is 0 Å². The van der Waals surface area contributed by atoms with Gasteiger partial charge >= 0.3 is 0 Å². The number of aryl methyl sites for hydroxylation is 1. The molecule has 0 aliphatic heterocycles. The third-order valence-corrected chi connectivity index (χ3v) is 5.20. The van der Waals surface area contributed by atoms with Gasteiger partial charge in [-0.05, 0) is 30.9 Å². The molecule has 1 atom stereocenters. The Morgan fingerprint density at radius 3 is 2.42 bits per heavy atom. The minimum atomic E-state index is -3.25. The van der Waals surface area contributed by atoms with Gasteiger partial charge in [-0.25, -0.2) is 8.42 Å². The summed E-state index contributed by atoms with van der Waals surface area (Å²) in [6.45, 7) is 7.84.